The lowest BCUT2D eigenvalue weighted by Crippen LogP contribution is -2.33. The predicted octanol–water partition coefficient (Wildman–Crippen LogP) is 9.72. The van der Waals surface area contributed by atoms with E-state index < -0.39 is 28.5 Å². The van der Waals surface area contributed by atoms with Gasteiger partial charge in [-0.2, -0.15) is 0 Å². The highest BCUT2D eigenvalue weighted by Crippen LogP contribution is 3.05. The fourth-order valence-corrected chi connectivity index (χ4v) is 49.2. The zero-order valence-corrected chi connectivity index (χ0v) is 29.1. The number of rotatable bonds is 11. The lowest BCUT2D eigenvalue weighted by molar-refractivity contribution is 1.51. The molecule has 218 valence electrons. The second-order valence-corrected chi connectivity index (χ2v) is 30.3. The van der Waals surface area contributed by atoms with Crippen molar-refractivity contribution in [1.82, 2.24) is 0 Å². The van der Waals surface area contributed by atoms with E-state index in [0.29, 0.717) is 0 Å². The van der Waals surface area contributed by atoms with Crippen LogP contribution in [0.25, 0.3) is 0 Å². The molecule has 44 heavy (non-hydrogen) atoms. The van der Waals surface area contributed by atoms with Crippen molar-refractivity contribution in [1.29, 1.82) is 0 Å². The van der Waals surface area contributed by atoms with E-state index in [1.54, 1.807) is 0 Å². The van der Waals surface area contributed by atoms with Crippen LogP contribution in [0.15, 0.2) is 182 Å². The van der Waals surface area contributed by atoms with Crippen LogP contribution in [0.5, 0.6) is 0 Å². The fourth-order valence-electron chi connectivity index (χ4n) is 6.62. The molecule has 0 amide bonds. The minimum Gasteiger partial charge on any atom is -0.0620 e. The molecule has 0 aliphatic carbocycles. The van der Waals surface area contributed by atoms with Crippen LogP contribution < -0.4 is 31.8 Å². The maximum absolute atomic E-state index is 2.50. The van der Waals surface area contributed by atoms with Crippen LogP contribution in [0.4, 0.5) is 0 Å². The summed E-state index contributed by atoms with van der Waals surface area (Å²) < 4.78 is 0. The Morgan fingerprint density at radius 2 is 0.455 bits per heavy atom. The predicted molar refractivity (Wildman–Crippen MR) is 205 cm³/mol. The monoisotopic (exact) mass is 644 g/mol. The van der Waals surface area contributed by atoms with Crippen molar-refractivity contribution in [2.24, 2.45) is 0 Å². The van der Waals surface area contributed by atoms with Crippen molar-refractivity contribution >= 4 is 60.3 Å². The summed E-state index contributed by atoms with van der Waals surface area (Å²) in [5.41, 5.74) is 0. The minimum atomic E-state index is -2.07. The van der Waals surface area contributed by atoms with Crippen LogP contribution in [-0.4, -0.2) is 12.3 Å². The molecule has 0 spiro atoms. The first kappa shape index (κ1) is 31.0. The standard InChI is InChI=1S/C40H40P4/c1-3-41(43(35-23-11-5-12-24-35,36-25-13-6-14-26-36)37-27-15-7-16-28-37)42(4-2)44(38-29-17-8-18-30-38,39-31-19-9-20-32-39)40-33-21-10-22-34-40/h5-34H,3-4H2,1-2H3/q+2/t41-,42-/m1/s1. The summed E-state index contributed by atoms with van der Waals surface area (Å²) in [5, 5.41) is 9.08. The van der Waals surface area contributed by atoms with Gasteiger partial charge in [0, 0.05) is 12.3 Å². The third-order valence-electron chi connectivity index (χ3n) is 8.30. The molecule has 0 radical (unpaired) electrons. The molecule has 0 saturated heterocycles. The van der Waals surface area contributed by atoms with Gasteiger partial charge in [0.25, 0.3) is 0 Å². The van der Waals surface area contributed by atoms with Crippen molar-refractivity contribution in [3.05, 3.63) is 182 Å². The zero-order valence-electron chi connectivity index (χ0n) is 25.5. The molecule has 0 aliphatic heterocycles. The summed E-state index contributed by atoms with van der Waals surface area (Å²) in [6.45, 7) is 0.847. The lowest BCUT2D eigenvalue weighted by Gasteiger charge is -2.42. The summed E-state index contributed by atoms with van der Waals surface area (Å²) in [6.07, 6.45) is 2.35. The van der Waals surface area contributed by atoms with Crippen LogP contribution in [0.3, 0.4) is 0 Å². The maximum atomic E-state index is 2.50. The van der Waals surface area contributed by atoms with Crippen LogP contribution in [0.2, 0.25) is 0 Å². The quantitative estimate of drug-likeness (QED) is 0.123. The molecule has 6 aromatic carbocycles. The summed E-state index contributed by atoms with van der Waals surface area (Å²) in [6, 6.07) is 69.5. The molecule has 0 bridgehead atoms. The molecule has 4 heteroatoms. The second-order valence-electron chi connectivity index (χ2n) is 10.7. The number of hydrogen-bond donors (Lipinski definition) is 0. The Hall–Kier alpha value is -2.96. The normalized spacial score (nSPS) is 13.2. The average Bonchev–Trinajstić information content (AvgIpc) is 3.12. The Bertz CT molecular complexity index is 1390. The van der Waals surface area contributed by atoms with E-state index in [4.69, 9.17) is 0 Å². The van der Waals surface area contributed by atoms with Crippen molar-refractivity contribution in [3.63, 3.8) is 0 Å². The van der Waals surface area contributed by atoms with E-state index in [0.717, 1.165) is 0 Å². The summed E-state index contributed by atoms with van der Waals surface area (Å²) in [5.74, 6) is 0. The highest BCUT2D eigenvalue weighted by atomic mass is 32.7. The molecule has 0 nitrogen and oxygen atoms in total. The Kier molecular flexibility index (Phi) is 10.2. The zero-order chi connectivity index (χ0) is 30.2. The molecule has 0 aromatic heterocycles. The van der Waals surface area contributed by atoms with Crippen LogP contribution in [0.1, 0.15) is 13.8 Å². The molecule has 0 fully saturated rings. The molecule has 0 heterocycles. The summed E-state index contributed by atoms with van der Waals surface area (Å²) >= 11 is 0. The van der Waals surface area contributed by atoms with E-state index in [1.165, 1.54) is 44.2 Å². The van der Waals surface area contributed by atoms with Crippen LogP contribution in [0, 0.1) is 0 Å². The van der Waals surface area contributed by atoms with Gasteiger partial charge in [0.2, 0.25) is 0 Å². The van der Waals surface area contributed by atoms with Gasteiger partial charge in [-0.15, -0.1) is 0 Å². The van der Waals surface area contributed by atoms with Gasteiger partial charge < -0.3 is 0 Å². The highest BCUT2D eigenvalue weighted by Gasteiger charge is 2.65. The van der Waals surface area contributed by atoms with Gasteiger partial charge in [0.1, 0.15) is 60.3 Å². The van der Waals surface area contributed by atoms with Gasteiger partial charge in [-0.25, -0.2) is 0 Å². The Labute approximate surface area is 267 Å². The third-order valence-corrected chi connectivity index (χ3v) is 40.9. The van der Waals surface area contributed by atoms with Gasteiger partial charge in [-0.3, -0.25) is 0 Å². The van der Waals surface area contributed by atoms with Gasteiger partial charge in [0.15, 0.2) is 0 Å². The summed E-state index contributed by atoms with van der Waals surface area (Å²) in [7, 11) is -1.06. The molecular formula is C40H40P4+2. The smallest absolute Gasteiger partial charge is 0.0620 e. The van der Waals surface area contributed by atoms with Crippen molar-refractivity contribution in [2.75, 3.05) is 12.3 Å². The van der Waals surface area contributed by atoms with Gasteiger partial charge in [-0.05, 0) is 72.8 Å². The van der Waals surface area contributed by atoms with Crippen molar-refractivity contribution in [3.8, 4) is 0 Å². The van der Waals surface area contributed by atoms with Gasteiger partial charge in [-0.1, -0.05) is 123 Å². The Morgan fingerprint density at radius 3 is 0.591 bits per heavy atom. The molecule has 0 aliphatic rings. The topological polar surface area (TPSA) is 0 Å². The molecule has 6 rings (SSSR count). The minimum absolute atomic E-state index is 0.532. The van der Waals surface area contributed by atoms with Gasteiger partial charge >= 0.3 is 0 Å². The second kappa shape index (κ2) is 14.4. The van der Waals surface area contributed by atoms with Crippen LogP contribution in [-0.2, 0) is 0 Å². The van der Waals surface area contributed by atoms with E-state index in [1.807, 2.05) is 0 Å². The SMILES string of the molecule is CC[P@]([P@@](CC)[P+](c1ccccc1)(c1ccccc1)c1ccccc1)[P+](c1ccccc1)(c1ccccc1)c1ccccc1. The lowest BCUT2D eigenvalue weighted by atomic mass is 10.4. The number of benzene rings is 6. The third kappa shape index (κ3) is 5.53. The Morgan fingerprint density at radius 1 is 0.295 bits per heavy atom. The largest absolute Gasteiger partial charge is 0.137 e. The maximum Gasteiger partial charge on any atom is 0.137 e. The molecule has 2 atom stereocenters. The molecule has 6 aromatic rings. The number of hydrogen-bond acceptors (Lipinski definition) is 0. The fraction of sp³-hybridized carbons (Fsp3) is 0.100. The van der Waals surface area contributed by atoms with E-state index in [9.17, 15) is 0 Å². The molecule has 0 unspecified atom stereocenters. The molecule has 0 saturated carbocycles. The van der Waals surface area contributed by atoms with Crippen LogP contribution >= 0.6 is 28.5 Å². The highest BCUT2D eigenvalue weighted by molar-refractivity contribution is 8.87. The molecular weight excluding hydrogens is 604 g/mol. The van der Waals surface area contributed by atoms with E-state index in [-0.39, 0.29) is 0 Å². The first-order valence-corrected chi connectivity index (χ1v) is 24.2. The van der Waals surface area contributed by atoms with E-state index in [2.05, 4.69) is 196 Å². The first-order chi connectivity index (χ1) is 21.8. The van der Waals surface area contributed by atoms with Crippen molar-refractivity contribution < 1.29 is 0 Å². The van der Waals surface area contributed by atoms with Crippen molar-refractivity contribution in [2.45, 2.75) is 13.8 Å². The molecule has 0 N–H and O–H groups in total. The van der Waals surface area contributed by atoms with Gasteiger partial charge in [0.05, 0.1) is 0 Å². The first-order valence-electron chi connectivity index (χ1n) is 15.5. The summed E-state index contributed by atoms with van der Waals surface area (Å²) in [4.78, 5) is 0. The average molecular weight is 645 g/mol. The van der Waals surface area contributed by atoms with E-state index >= 15 is 0 Å². The Balaban J connectivity index is 1.76.